The zero-order valence-electron chi connectivity index (χ0n) is 19.0. The van der Waals surface area contributed by atoms with E-state index in [0.29, 0.717) is 75.5 Å². The number of nitrogens with one attached hydrogen (secondary N) is 1. The topological polar surface area (TPSA) is 132 Å². The Morgan fingerprint density at radius 1 is 1.23 bits per heavy atom. The lowest BCUT2D eigenvalue weighted by Gasteiger charge is -2.31. The van der Waals surface area contributed by atoms with Crippen LogP contribution in [0, 0.1) is 16.7 Å². The first-order valence-electron chi connectivity index (χ1n) is 11.1. The first kappa shape index (κ1) is 24.7. The van der Waals surface area contributed by atoms with E-state index in [-0.39, 0.29) is 11.8 Å². The van der Waals surface area contributed by atoms with Crippen LogP contribution < -0.4 is 15.4 Å². The molecule has 3 aromatic rings. The largest absolute Gasteiger partial charge is 0.486 e. The summed E-state index contributed by atoms with van der Waals surface area (Å²) < 4.78 is 6.05. The summed E-state index contributed by atoms with van der Waals surface area (Å²) >= 11 is 12.5. The second-order valence-electron chi connectivity index (χ2n) is 8.33. The second kappa shape index (κ2) is 10.5. The van der Waals surface area contributed by atoms with Gasteiger partial charge in [0.05, 0.1) is 27.4 Å². The van der Waals surface area contributed by atoms with Crippen molar-refractivity contribution in [2.75, 3.05) is 23.7 Å². The van der Waals surface area contributed by atoms with E-state index in [0.717, 1.165) is 0 Å². The summed E-state index contributed by atoms with van der Waals surface area (Å²) in [6.45, 7) is 3.06. The highest BCUT2D eigenvalue weighted by Crippen LogP contribution is 2.33. The molecule has 1 atom stereocenters. The molecule has 1 aromatic carbocycles. The molecular formula is C25H24Cl2N6O2. The van der Waals surface area contributed by atoms with Crippen LogP contribution in [-0.2, 0) is 0 Å². The summed E-state index contributed by atoms with van der Waals surface area (Å²) in [7, 11) is 0. The maximum absolute atomic E-state index is 9.76. The van der Waals surface area contributed by atoms with E-state index < -0.39 is 6.10 Å². The standard InChI is InChI=1S/C25H24Cl2N6O2/c1-14(23-20(26)12-31-13-21(23)27)35-18-2-3-22(29)19(9-18)24(30)16-8-15(10-28)25(32-11-16)33-6-4-17(34)5-7-33/h2-3,8-9,11-14,17,30,34H,4-7,29H2,1H3/t14-/m1/s1. The molecule has 0 unspecified atom stereocenters. The molecule has 8 nitrogen and oxygen atoms in total. The third-order valence-corrected chi connectivity index (χ3v) is 6.55. The number of nitriles is 1. The number of anilines is 2. The van der Waals surface area contributed by atoms with Gasteiger partial charge in [-0.15, -0.1) is 0 Å². The van der Waals surface area contributed by atoms with Crippen LogP contribution in [0.25, 0.3) is 0 Å². The lowest BCUT2D eigenvalue weighted by Crippen LogP contribution is -2.36. The molecule has 0 spiro atoms. The van der Waals surface area contributed by atoms with Crippen molar-refractivity contribution in [1.82, 2.24) is 9.97 Å². The lowest BCUT2D eigenvalue weighted by atomic mass is 10.00. The predicted molar refractivity (Wildman–Crippen MR) is 136 cm³/mol. The third kappa shape index (κ3) is 5.33. The number of nitrogens with zero attached hydrogens (tertiary/aromatic N) is 4. The number of aliphatic hydroxyl groups excluding tert-OH is 1. The van der Waals surface area contributed by atoms with Gasteiger partial charge < -0.3 is 20.5 Å². The first-order valence-corrected chi connectivity index (χ1v) is 11.8. The summed E-state index contributed by atoms with van der Waals surface area (Å²) in [5, 5.41) is 29.0. The van der Waals surface area contributed by atoms with E-state index >= 15 is 0 Å². The summed E-state index contributed by atoms with van der Waals surface area (Å²) in [6.07, 6.45) is 5.02. The van der Waals surface area contributed by atoms with Gasteiger partial charge in [-0.1, -0.05) is 23.2 Å². The Bertz CT molecular complexity index is 1280. The Morgan fingerprint density at radius 2 is 1.91 bits per heavy atom. The van der Waals surface area contributed by atoms with Crippen molar-refractivity contribution in [3.8, 4) is 11.8 Å². The molecule has 1 aliphatic heterocycles. The number of halogens is 2. The first-order chi connectivity index (χ1) is 16.8. The molecule has 1 fully saturated rings. The fraction of sp³-hybridized carbons (Fsp3) is 0.280. The molecule has 0 amide bonds. The fourth-order valence-electron chi connectivity index (χ4n) is 4.06. The van der Waals surface area contributed by atoms with Gasteiger partial charge in [0.1, 0.15) is 23.7 Å². The van der Waals surface area contributed by atoms with Crippen molar-refractivity contribution in [3.05, 3.63) is 75.2 Å². The summed E-state index contributed by atoms with van der Waals surface area (Å²) in [5.41, 5.74) is 8.57. The lowest BCUT2D eigenvalue weighted by molar-refractivity contribution is 0.145. The van der Waals surface area contributed by atoms with E-state index in [9.17, 15) is 10.4 Å². The molecule has 4 N–H and O–H groups in total. The minimum absolute atomic E-state index is 0.116. The third-order valence-electron chi connectivity index (χ3n) is 5.94. The number of ether oxygens (including phenoxy) is 1. The molecule has 2 aromatic heterocycles. The number of pyridine rings is 2. The van der Waals surface area contributed by atoms with Gasteiger partial charge in [0.2, 0.25) is 0 Å². The second-order valence-corrected chi connectivity index (χ2v) is 9.14. The highest BCUT2D eigenvalue weighted by atomic mass is 35.5. The Kier molecular flexibility index (Phi) is 7.41. The van der Waals surface area contributed by atoms with E-state index in [1.807, 2.05) is 11.8 Å². The number of benzene rings is 1. The van der Waals surface area contributed by atoms with Gasteiger partial charge in [-0.3, -0.25) is 10.4 Å². The van der Waals surface area contributed by atoms with E-state index in [2.05, 4.69) is 16.0 Å². The number of nitrogen functional groups attached to an aromatic ring is 1. The van der Waals surface area contributed by atoms with Crippen molar-refractivity contribution in [1.29, 1.82) is 10.7 Å². The molecule has 1 saturated heterocycles. The Labute approximate surface area is 213 Å². The molecule has 0 bridgehead atoms. The normalized spacial score (nSPS) is 14.9. The molecule has 0 aliphatic carbocycles. The fourth-order valence-corrected chi connectivity index (χ4v) is 4.73. The number of hydrogen-bond donors (Lipinski definition) is 3. The van der Waals surface area contributed by atoms with Crippen LogP contribution in [0.2, 0.25) is 10.0 Å². The monoisotopic (exact) mass is 510 g/mol. The molecular weight excluding hydrogens is 487 g/mol. The van der Waals surface area contributed by atoms with Crippen LogP contribution in [0.1, 0.15) is 48.1 Å². The molecule has 1 aliphatic rings. The maximum atomic E-state index is 9.76. The molecule has 35 heavy (non-hydrogen) atoms. The van der Waals surface area contributed by atoms with Crippen LogP contribution in [-0.4, -0.2) is 40.0 Å². The van der Waals surface area contributed by atoms with Gasteiger partial charge in [-0.25, -0.2) is 4.98 Å². The molecule has 10 heteroatoms. The number of hydrogen-bond acceptors (Lipinski definition) is 8. The van der Waals surface area contributed by atoms with Crippen LogP contribution in [0.3, 0.4) is 0 Å². The van der Waals surface area contributed by atoms with Gasteiger partial charge in [0, 0.05) is 54.1 Å². The summed E-state index contributed by atoms with van der Waals surface area (Å²) in [5.74, 6) is 1.04. The van der Waals surface area contributed by atoms with E-state index in [4.69, 9.17) is 39.1 Å². The molecule has 3 heterocycles. The quantitative estimate of drug-likeness (QED) is 0.321. The van der Waals surface area contributed by atoms with E-state index in [1.165, 1.54) is 12.4 Å². The van der Waals surface area contributed by atoms with E-state index in [1.54, 1.807) is 30.5 Å². The zero-order chi connectivity index (χ0) is 25.1. The maximum Gasteiger partial charge on any atom is 0.146 e. The molecule has 4 rings (SSSR count). The minimum atomic E-state index is -0.474. The molecule has 180 valence electrons. The van der Waals surface area contributed by atoms with Crippen molar-refractivity contribution in [2.24, 2.45) is 0 Å². The summed E-state index contributed by atoms with van der Waals surface area (Å²) in [4.78, 5) is 10.4. The SMILES string of the molecule is C[C@@H](Oc1ccc(N)c(C(=N)c2cnc(N3CCC(O)CC3)c(C#N)c2)c1)c1c(Cl)cncc1Cl. The van der Waals surface area contributed by atoms with Gasteiger partial charge in [-0.05, 0) is 44.0 Å². The smallest absolute Gasteiger partial charge is 0.146 e. The van der Waals surface area contributed by atoms with Crippen LogP contribution >= 0.6 is 23.2 Å². The number of nitrogens with two attached hydrogens (primary N) is 1. The van der Waals surface area contributed by atoms with Gasteiger partial charge in [0.15, 0.2) is 0 Å². The minimum Gasteiger partial charge on any atom is -0.486 e. The average Bonchev–Trinajstić information content (AvgIpc) is 2.85. The van der Waals surface area contributed by atoms with Crippen LogP contribution in [0.15, 0.2) is 42.9 Å². The van der Waals surface area contributed by atoms with Crippen LogP contribution in [0.4, 0.5) is 11.5 Å². The van der Waals surface area contributed by atoms with Gasteiger partial charge >= 0.3 is 0 Å². The Morgan fingerprint density at radius 3 is 2.57 bits per heavy atom. The van der Waals surface area contributed by atoms with Gasteiger partial charge in [0.25, 0.3) is 0 Å². The number of aliphatic hydroxyl groups is 1. The predicted octanol–water partition coefficient (Wildman–Crippen LogP) is 4.75. The Balaban J connectivity index is 1.59. The van der Waals surface area contributed by atoms with Crippen molar-refractivity contribution in [3.63, 3.8) is 0 Å². The average molecular weight is 511 g/mol. The Hall–Kier alpha value is -3.38. The number of rotatable bonds is 6. The van der Waals surface area contributed by atoms with Gasteiger partial charge in [-0.2, -0.15) is 5.26 Å². The van der Waals surface area contributed by atoms with Crippen LogP contribution in [0.5, 0.6) is 5.75 Å². The molecule has 0 saturated carbocycles. The molecule has 0 radical (unpaired) electrons. The summed E-state index contributed by atoms with van der Waals surface area (Å²) in [6, 6.07) is 8.86. The van der Waals surface area contributed by atoms with Crippen molar-refractivity contribution >= 4 is 40.4 Å². The van der Waals surface area contributed by atoms with Crippen molar-refractivity contribution in [2.45, 2.75) is 32.0 Å². The zero-order valence-corrected chi connectivity index (χ0v) is 20.5. The highest BCUT2D eigenvalue weighted by Gasteiger charge is 2.22. The number of piperidine rings is 1. The highest BCUT2D eigenvalue weighted by molar-refractivity contribution is 6.35. The van der Waals surface area contributed by atoms with Crippen molar-refractivity contribution < 1.29 is 9.84 Å². The number of aromatic nitrogens is 2.